The molecule has 2 nitrogen and oxygen atoms in total. The van der Waals surface area contributed by atoms with Crippen molar-refractivity contribution in [1.82, 2.24) is 9.13 Å². The van der Waals surface area contributed by atoms with Gasteiger partial charge < -0.3 is 9.13 Å². The molecule has 0 aliphatic carbocycles. The monoisotopic (exact) mass is 818 g/mol. The number of rotatable bonds is 8. The minimum Gasteiger partial charge on any atom is -0.307 e. The third-order valence-electron chi connectivity index (χ3n) is 13.1. The van der Waals surface area contributed by atoms with E-state index in [4.69, 9.17) is 0 Å². The number of para-hydroxylation sites is 5. The maximum Gasteiger partial charge on any atom is 0.181 e. The van der Waals surface area contributed by atoms with Crippen LogP contribution < -0.4 is 20.7 Å². The van der Waals surface area contributed by atoms with Gasteiger partial charge in [-0.25, -0.2) is 0 Å². The highest BCUT2D eigenvalue weighted by Crippen LogP contribution is 2.44. The van der Waals surface area contributed by atoms with E-state index < -0.39 is 8.07 Å². The Balaban J connectivity index is 1.30. The van der Waals surface area contributed by atoms with Crippen LogP contribution in [0.4, 0.5) is 0 Å². The van der Waals surface area contributed by atoms with E-state index in [1.165, 1.54) is 86.6 Å². The van der Waals surface area contributed by atoms with E-state index >= 15 is 0 Å². The standard InChI is InChI=1S/C60H42N2Si/c1-6-23-43(24-7-1)48-33-16-18-39-54(48)62-58-49(44-25-8-2-9-26-44)35-20-36-52(58)53-37-21-41-56(59(53)62)61-55-40-19-17-34-50(55)51-38-22-42-57(60(51)61)63(45-27-10-3-11-28-45,46-29-12-4-13-30-46)47-31-14-5-15-32-47/h1-42H. The molecule has 0 unspecified atom stereocenters. The van der Waals surface area contributed by atoms with Crippen LogP contribution in [-0.2, 0) is 0 Å². The maximum absolute atomic E-state index is 3.00. The number of fused-ring (bicyclic) bond motifs is 6. The van der Waals surface area contributed by atoms with Crippen LogP contribution in [0.1, 0.15) is 0 Å². The van der Waals surface area contributed by atoms with Gasteiger partial charge in [-0.2, -0.15) is 0 Å². The molecule has 296 valence electrons. The molecule has 0 saturated carbocycles. The molecule has 0 atom stereocenters. The first-order chi connectivity index (χ1) is 31.3. The summed E-state index contributed by atoms with van der Waals surface area (Å²) in [5.74, 6) is 0. The first-order valence-corrected chi connectivity index (χ1v) is 23.8. The molecular weight excluding hydrogens is 777 g/mol. The predicted octanol–water partition coefficient (Wildman–Crippen LogP) is 12.6. The molecule has 0 aliphatic rings. The van der Waals surface area contributed by atoms with Crippen LogP contribution in [0.25, 0.3) is 77.2 Å². The largest absolute Gasteiger partial charge is 0.307 e. The van der Waals surface area contributed by atoms with E-state index in [2.05, 4.69) is 264 Å². The van der Waals surface area contributed by atoms with Gasteiger partial charge in [0.1, 0.15) is 0 Å². The fraction of sp³-hybridized carbons (Fsp3) is 0. The molecule has 12 rings (SSSR count). The van der Waals surface area contributed by atoms with Crippen LogP contribution in [0.15, 0.2) is 255 Å². The predicted molar refractivity (Wildman–Crippen MR) is 270 cm³/mol. The summed E-state index contributed by atoms with van der Waals surface area (Å²) in [5.41, 5.74) is 11.8. The maximum atomic E-state index is 2.61. The molecule has 12 aromatic rings. The van der Waals surface area contributed by atoms with E-state index in [-0.39, 0.29) is 0 Å². The second kappa shape index (κ2) is 15.2. The van der Waals surface area contributed by atoms with Crippen molar-refractivity contribution in [3.63, 3.8) is 0 Å². The quantitative estimate of drug-likeness (QED) is 0.107. The van der Waals surface area contributed by atoms with E-state index in [9.17, 15) is 0 Å². The summed E-state index contributed by atoms with van der Waals surface area (Å²) in [5, 5.41) is 10.3. The van der Waals surface area contributed by atoms with Gasteiger partial charge in [0.05, 0.1) is 33.4 Å². The van der Waals surface area contributed by atoms with Gasteiger partial charge in [0.25, 0.3) is 0 Å². The molecule has 0 aliphatic heterocycles. The third-order valence-corrected chi connectivity index (χ3v) is 17.9. The average Bonchev–Trinajstić information content (AvgIpc) is 3.90. The molecule has 63 heavy (non-hydrogen) atoms. The van der Waals surface area contributed by atoms with Gasteiger partial charge in [-0.15, -0.1) is 0 Å². The Bertz CT molecular complexity index is 3500. The van der Waals surface area contributed by atoms with Crippen molar-refractivity contribution in [2.75, 3.05) is 0 Å². The highest BCUT2D eigenvalue weighted by Gasteiger charge is 2.43. The lowest BCUT2D eigenvalue weighted by Gasteiger charge is -2.35. The minimum atomic E-state index is -3.00. The molecule has 10 aromatic carbocycles. The first kappa shape index (κ1) is 36.8. The van der Waals surface area contributed by atoms with Crippen LogP contribution in [0.5, 0.6) is 0 Å². The normalized spacial score (nSPS) is 11.8. The number of nitrogens with zero attached hydrogens (tertiary/aromatic N) is 2. The summed E-state index contributed by atoms with van der Waals surface area (Å²) in [6, 6.07) is 94.4. The smallest absolute Gasteiger partial charge is 0.181 e. The van der Waals surface area contributed by atoms with Crippen molar-refractivity contribution in [3.05, 3.63) is 255 Å². The third kappa shape index (κ3) is 5.71. The summed E-state index contributed by atoms with van der Waals surface area (Å²) in [7, 11) is -3.00. The summed E-state index contributed by atoms with van der Waals surface area (Å²) in [6.07, 6.45) is 0. The van der Waals surface area contributed by atoms with Crippen molar-refractivity contribution in [2.24, 2.45) is 0 Å². The van der Waals surface area contributed by atoms with Crippen molar-refractivity contribution in [2.45, 2.75) is 0 Å². The molecule has 0 bridgehead atoms. The Morgan fingerprint density at radius 1 is 0.254 bits per heavy atom. The number of hydrogen-bond donors (Lipinski definition) is 0. The van der Waals surface area contributed by atoms with Crippen molar-refractivity contribution in [3.8, 4) is 33.6 Å². The van der Waals surface area contributed by atoms with E-state index in [0.29, 0.717) is 0 Å². The zero-order valence-electron chi connectivity index (χ0n) is 34.6. The van der Waals surface area contributed by atoms with Gasteiger partial charge in [0, 0.05) is 32.7 Å². The topological polar surface area (TPSA) is 9.86 Å². The second-order valence-corrected chi connectivity index (χ2v) is 20.1. The summed E-state index contributed by atoms with van der Waals surface area (Å²) >= 11 is 0. The molecule has 3 heteroatoms. The van der Waals surface area contributed by atoms with Crippen LogP contribution in [0.2, 0.25) is 0 Å². The van der Waals surface area contributed by atoms with Crippen LogP contribution >= 0.6 is 0 Å². The number of benzene rings is 10. The molecule has 0 N–H and O–H groups in total. The van der Waals surface area contributed by atoms with Crippen LogP contribution in [0.3, 0.4) is 0 Å². The highest BCUT2D eigenvalue weighted by molar-refractivity contribution is 7.20. The lowest BCUT2D eigenvalue weighted by molar-refractivity contribution is 1.13. The zero-order chi connectivity index (χ0) is 41.7. The van der Waals surface area contributed by atoms with E-state index in [1.54, 1.807) is 0 Å². The Morgan fingerprint density at radius 3 is 1.29 bits per heavy atom. The van der Waals surface area contributed by atoms with Gasteiger partial charge in [-0.05, 0) is 50.1 Å². The van der Waals surface area contributed by atoms with Gasteiger partial charge >= 0.3 is 0 Å². The Kier molecular flexibility index (Phi) is 8.87. The zero-order valence-corrected chi connectivity index (χ0v) is 35.6. The molecule has 2 heterocycles. The van der Waals surface area contributed by atoms with Crippen molar-refractivity contribution in [1.29, 1.82) is 0 Å². The summed E-state index contributed by atoms with van der Waals surface area (Å²) < 4.78 is 5.19. The second-order valence-electron chi connectivity index (χ2n) is 16.4. The number of aromatic nitrogens is 2. The van der Waals surface area contributed by atoms with Crippen LogP contribution in [-0.4, -0.2) is 17.2 Å². The first-order valence-electron chi connectivity index (χ1n) is 21.8. The molecule has 0 spiro atoms. The Hall–Kier alpha value is -7.98. The Labute approximate surface area is 368 Å². The van der Waals surface area contributed by atoms with Crippen molar-refractivity contribution < 1.29 is 0 Å². The van der Waals surface area contributed by atoms with E-state index in [1.807, 2.05) is 0 Å². The van der Waals surface area contributed by atoms with Gasteiger partial charge in [0.2, 0.25) is 0 Å². The van der Waals surface area contributed by atoms with Gasteiger partial charge in [-0.1, -0.05) is 237 Å². The molecular formula is C60H42N2Si. The highest BCUT2D eigenvalue weighted by atomic mass is 28.3. The van der Waals surface area contributed by atoms with E-state index in [0.717, 1.165) is 11.4 Å². The van der Waals surface area contributed by atoms with Gasteiger partial charge in [-0.3, -0.25) is 0 Å². The summed E-state index contributed by atoms with van der Waals surface area (Å²) in [4.78, 5) is 0. The molecule has 0 saturated heterocycles. The van der Waals surface area contributed by atoms with Gasteiger partial charge in [0.15, 0.2) is 8.07 Å². The SMILES string of the molecule is c1ccc(-c2ccccc2-n2c3c(-c4ccccc4)cccc3c3cccc(-n4c5ccccc5c5cccc([Si](c6ccccc6)(c6ccccc6)c6ccccc6)c54)c32)cc1. The number of hydrogen-bond acceptors (Lipinski definition) is 0. The van der Waals surface area contributed by atoms with Crippen LogP contribution in [0, 0.1) is 0 Å². The average molecular weight is 819 g/mol. The fourth-order valence-electron chi connectivity index (χ4n) is 10.5. The minimum absolute atomic E-state index is 1.14. The molecule has 2 aromatic heterocycles. The lowest BCUT2D eigenvalue weighted by Crippen LogP contribution is -2.75. The fourth-order valence-corrected chi connectivity index (χ4v) is 15.5. The molecule has 0 fully saturated rings. The molecule has 0 radical (unpaired) electrons. The summed E-state index contributed by atoms with van der Waals surface area (Å²) in [6.45, 7) is 0. The molecule has 0 amide bonds. The Morgan fingerprint density at radius 2 is 0.667 bits per heavy atom. The van der Waals surface area contributed by atoms with Crippen molar-refractivity contribution >= 4 is 72.4 Å². The lowest BCUT2D eigenvalue weighted by atomic mass is 10.0.